The molecule has 0 aliphatic heterocycles. The fourth-order valence-electron chi connectivity index (χ4n) is 0.550. The number of carbonyl (C=O) groups is 1. The highest BCUT2D eigenvalue weighted by Gasteiger charge is 2.09. The maximum Gasteiger partial charge on any atom is 0.306 e. The largest absolute Gasteiger partial charge is 0.481 e. The molecule has 0 spiro atoms. The Morgan fingerprint density at radius 2 is 2.45 bits per heavy atom. The van der Waals surface area contributed by atoms with E-state index in [0.717, 1.165) is 0 Å². The molecule has 0 amide bonds. The monoisotopic (exact) mass is 158 g/mol. The lowest BCUT2D eigenvalue weighted by molar-refractivity contribution is -0.141. The summed E-state index contributed by atoms with van der Waals surface area (Å²) in [5, 5.41) is 8.46. The van der Waals surface area contributed by atoms with Crippen LogP contribution < -0.4 is 0 Å². The van der Waals surface area contributed by atoms with Crippen LogP contribution >= 0.6 is 0 Å². The third kappa shape index (κ3) is 5.61. The van der Waals surface area contributed by atoms with Gasteiger partial charge in [-0.15, -0.1) is 6.58 Å². The van der Waals surface area contributed by atoms with E-state index in [2.05, 4.69) is 6.58 Å². The summed E-state index contributed by atoms with van der Waals surface area (Å²) in [5.74, 6) is -1.09. The van der Waals surface area contributed by atoms with Crippen molar-refractivity contribution in [1.29, 1.82) is 0 Å². The Kier molecular flexibility index (Phi) is 5.47. The molecule has 0 saturated heterocycles. The Morgan fingerprint density at radius 1 is 1.82 bits per heavy atom. The van der Waals surface area contributed by atoms with E-state index in [1.54, 1.807) is 13.0 Å². The summed E-state index contributed by atoms with van der Waals surface area (Å²) >= 11 is 0. The van der Waals surface area contributed by atoms with Crippen molar-refractivity contribution in [3.05, 3.63) is 12.7 Å². The lowest BCUT2D eigenvalue weighted by Gasteiger charge is -2.04. The summed E-state index contributed by atoms with van der Waals surface area (Å²) < 4.78 is 5.02. The molecule has 3 nitrogen and oxygen atoms in total. The van der Waals surface area contributed by atoms with Crippen LogP contribution in [0.3, 0.4) is 0 Å². The van der Waals surface area contributed by atoms with Crippen LogP contribution in [0.2, 0.25) is 0 Å². The van der Waals surface area contributed by atoms with Gasteiger partial charge in [0.2, 0.25) is 0 Å². The summed E-state index contributed by atoms with van der Waals surface area (Å²) in [6.07, 6.45) is 2.20. The van der Waals surface area contributed by atoms with E-state index < -0.39 is 5.97 Å². The van der Waals surface area contributed by atoms with E-state index in [1.807, 2.05) is 0 Å². The second kappa shape index (κ2) is 5.92. The summed E-state index contributed by atoms with van der Waals surface area (Å²) in [7, 11) is 0. The number of carboxylic acids is 1. The zero-order chi connectivity index (χ0) is 8.69. The van der Waals surface area contributed by atoms with Gasteiger partial charge >= 0.3 is 5.97 Å². The average Bonchev–Trinajstić information content (AvgIpc) is 1.97. The number of ether oxygens (including phenoxy) is 1. The first-order valence-electron chi connectivity index (χ1n) is 3.60. The van der Waals surface area contributed by atoms with Gasteiger partial charge in [-0.1, -0.05) is 13.0 Å². The minimum absolute atomic E-state index is 0.320. The number of rotatable bonds is 6. The molecule has 1 unspecified atom stereocenters. The van der Waals surface area contributed by atoms with Gasteiger partial charge in [-0.3, -0.25) is 4.79 Å². The first-order valence-corrected chi connectivity index (χ1v) is 3.60. The minimum atomic E-state index is -0.771. The molecular weight excluding hydrogens is 144 g/mol. The Bertz CT molecular complexity index is 131. The lowest BCUT2D eigenvalue weighted by Crippen LogP contribution is -2.12. The van der Waals surface area contributed by atoms with Crippen LogP contribution in [0.5, 0.6) is 0 Å². The molecule has 0 fully saturated rings. The van der Waals surface area contributed by atoms with Crippen LogP contribution in [0, 0.1) is 5.92 Å². The fourth-order valence-corrected chi connectivity index (χ4v) is 0.550. The third-order valence-corrected chi connectivity index (χ3v) is 1.35. The van der Waals surface area contributed by atoms with Gasteiger partial charge in [0.05, 0.1) is 12.5 Å². The van der Waals surface area contributed by atoms with Crippen molar-refractivity contribution in [1.82, 2.24) is 0 Å². The molecule has 1 atom stereocenters. The van der Waals surface area contributed by atoms with E-state index in [1.165, 1.54) is 0 Å². The lowest BCUT2D eigenvalue weighted by atomic mass is 10.1. The molecule has 0 radical (unpaired) electrons. The van der Waals surface area contributed by atoms with Crippen LogP contribution in [0.25, 0.3) is 0 Å². The van der Waals surface area contributed by atoms with Crippen molar-refractivity contribution >= 4 is 5.97 Å². The molecule has 0 rings (SSSR count). The normalized spacial score (nSPS) is 12.5. The molecule has 0 aromatic rings. The van der Waals surface area contributed by atoms with Gasteiger partial charge in [-0.25, -0.2) is 0 Å². The smallest absolute Gasteiger partial charge is 0.306 e. The second-order valence-corrected chi connectivity index (χ2v) is 2.39. The van der Waals surface area contributed by atoms with E-state index in [4.69, 9.17) is 9.84 Å². The first-order chi connectivity index (χ1) is 5.18. The Hall–Kier alpha value is -0.830. The predicted octanol–water partition coefficient (Wildman–Crippen LogP) is 1.30. The Labute approximate surface area is 66.7 Å². The summed E-state index contributed by atoms with van der Waals surface area (Å²) in [6.45, 7) is 6.12. The highest BCUT2D eigenvalue weighted by atomic mass is 16.5. The van der Waals surface area contributed by atoms with Crippen LogP contribution in [0.1, 0.15) is 13.3 Å². The fraction of sp³-hybridized carbons (Fsp3) is 0.625. The number of aliphatic carboxylic acids is 1. The van der Waals surface area contributed by atoms with Gasteiger partial charge in [-0.05, 0) is 6.42 Å². The molecule has 0 aromatic carbocycles. The van der Waals surface area contributed by atoms with Gasteiger partial charge in [-0.2, -0.15) is 0 Å². The third-order valence-electron chi connectivity index (χ3n) is 1.35. The highest BCUT2D eigenvalue weighted by molar-refractivity contribution is 5.69. The van der Waals surface area contributed by atoms with Crippen molar-refractivity contribution in [2.24, 2.45) is 5.92 Å². The Balaban J connectivity index is 3.24. The van der Waals surface area contributed by atoms with Gasteiger partial charge in [0.25, 0.3) is 0 Å². The van der Waals surface area contributed by atoms with Crippen LogP contribution in [0.15, 0.2) is 12.7 Å². The van der Waals surface area contributed by atoms with E-state index in [9.17, 15) is 4.79 Å². The highest BCUT2D eigenvalue weighted by Crippen LogP contribution is 2.00. The van der Waals surface area contributed by atoms with Crippen LogP contribution in [0.4, 0.5) is 0 Å². The number of hydrogen-bond donors (Lipinski definition) is 1. The summed E-state index contributed by atoms with van der Waals surface area (Å²) in [4.78, 5) is 10.3. The predicted molar refractivity (Wildman–Crippen MR) is 42.4 cm³/mol. The van der Waals surface area contributed by atoms with Crippen molar-refractivity contribution in [2.45, 2.75) is 13.3 Å². The van der Waals surface area contributed by atoms with E-state index in [0.29, 0.717) is 19.6 Å². The molecule has 1 N–H and O–H groups in total. The van der Waals surface area contributed by atoms with E-state index in [-0.39, 0.29) is 5.92 Å². The molecule has 3 heteroatoms. The van der Waals surface area contributed by atoms with Gasteiger partial charge in [0, 0.05) is 6.61 Å². The maximum absolute atomic E-state index is 10.3. The molecule has 0 aromatic heterocycles. The second-order valence-electron chi connectivity index (χ2n) is 2.39. The quantitative estimate of drug-likeness (QED) is 0.468. The van der Waals surface area contributed by atoms with Crippen molar-refractivity contribution in [3.8, 4) is 0 Å². The van der Waals surface area contributed by atoms with Crippen molar-refractivity contribution in [3.63, 3.8) is 0 Å². The molecule has 0 bridgehead atoms. The zero-order valence-corrected chi connectivity index (χ0v) is 6.75. The molecule has 11 heavy (non-hydrogen) atoms. The Morgan fingerprint density at radius 3 is 2.91 bits per heavy atom. The minimum Gasteiger partial charge on any atom is -0.481 e. The van der Waals surface area contributed by atoms with E-state index >= 15 is 0 Å². The average molecular weight is 158 g/mol. The SMILES string of the molecule is C=CCOCCC(C)C(=O)O. The summed E-state index contributed by atoms with van der Waals surface area (Å²) in [5.41, 5.74) is 0. The standard InChI is InChI=1S/C8H14O3/c1-3-5-11-6-4-7(2)8(9)10/h3,7H,1,4-6H2,2H3,(H,9,10). The van der Waals surface area contributed by atoms with Crippen molar-refractivity contribution < 1.29 is 14.6 Å². The topological polar surface area (TPSA) is 46.5 Å². The maximum atomic E-state index is 10.3. The van der Waals surface area contributed by atoms with Gasteiger partial charge in [0.1, 0.15) is 0 Å². The number of hydrogen-bond acceptors (Lipinski definition) is 2. The molecular formula is C8H14O3. The number of carboxylic acid groups (broad SMARTS) is 1. The van der Waals surface area contributed by atoms with Crippen LogP contribution in [-0.2, 0) is 9.53 Å². The molecule has 0 heterocycles. The molecule has 64 valence electrons. The summed E-state index contributed by atoms with van der Waals surface area (Å²) in [6, 6.07) is 0. The first kappa shape index (κ1) is 10.2. The molecule has 0 saturated carbocycles. The zero-order valence-electron chi connectivity index (χ0n) is 6.75. The van der Waals surface area contributed by atoms with Gasteiger partial charge < -0.3 is 9.84 Å². The molecule has 0 aliphatic carbocycles. The van der Waals surface area contributed by atoms with Gasteiger partial charge in [0.15, 0.2) is 0 Å². The van der Waals surface area contributed by atoms with Crippen molar-refractivity contribution in [2.75, 3.05) is 13.2 Å². The van der Waals surface area contributed by atoms with Crippen LogP contribution in [-0.4, -0.2) is 24.3 Å². The molecule has 0 aliphatic rings.